The number of anilines is 1. The number of hydrazine groups is 1. The highest BCUT2D eigenvalue weighted by Crippen LogP contribution is 2.30. The third-order valence-electron chi connectivity index (χ3n) is 4.53. The van der Waals surface area contributed by atoms with Crippen LogP contribution < -0.4 is 15.2 Å². The molecular weight excluding hydrogens is 449 g/mol. The molecule has 3 rings (SSSR count). The summed E-state index contributed by atoms with van der Waals surface area (Å²) < 4.78 is 40.5. The Hall–Kier alpha value is -4.20. The molecule has 0 aliphatic carbocycles. The highest BCUT2D eigenvalue weighted by Gasteiger charge is 2.35. The minimum absolute atomic E-state index is 0.106. The zero-order valence-electron chi connectivity index (χ0n) is 18.6. The lowest BCUT2D eigenvalue weighted by molar-refractivity contribution is -0.605. The Morgan fingerprint density at radius 1 is 1.09 bits per heavy atom. The van der Waals surface area contributed by atoms with E-state index in [0.29, 0.717) is 10.8 Å². The molecule has 11 heteroatoms. The van der Waals surface area contributed by atoms with E-state index in [1.165, 1.54) is 23.5 Å². The second kappa shape index (κ2) is 9.35. The largest absolute Gasteiger partial charge is 0.619 e. The van der Waals surface area contributed by atoms with Crippen molar-refractivity contribution >= 4 is 11.7 Å². The lowest BCUT2D eigenvalue weighted by Crippen LogP contribution is -2.47. The van der Waals surface area contributed by atoms with Gasteiger partial charge in [0, 0.05) is 30.3 Å². The Morgan fingerprint density at radius 2 is 1.68 bits per heavy atom. The van der Waals surface area contributed by atoms with E-state index < -0.39 is 29.0 Å². The van der Waals surface area contributed by atoms with Crippen LogP contribution in [0.4, 0.5) is 19.0 Å². The first-order valence-electron chi connectivity index (χ1n) is 10.1. The molecule has 0 aliphatic rings. The van der Waals surface area contributed by atoms with E-state index >= 15 is 0 Å². The summed E-state index contributed by atoms with van der Waals surface area (Å²) in [5.74, 6) is -1.49. The number of hydrogen-bond acceptors (Lipinski definition) is 6. The normalized spacial score (nSPS) is 11.6. The lowest BCUT2D eigenvalue weighted by atomic mass is 9.96. The van der Waals surface area contributed by atoms with Gasteiger partial charge in [-0.15, -0.1) is 0 Å². The van der Waals surface area contributed by atoms with Crippen molar-refractivity contribution in [1.82, 2.24) is 15.4 Å². The maximum Gasteiger partial charge on any atom is 0.433 e. The highest BCUT2D eigenvalue weighted by molar-refractivity contribution is 5.95. The molecule has 0 saturated heterocycles. The van der Waals surface area contributed by atoms with Crippen LogP contribution in [0, 0.1) is 22.0 Å². The van der Waals surface area contributed by atoms with Crippen LogP contribution in [0.25, 0.3) is 11.1 Å². The van der Waals surface area contributed by atoms with Crippen LogP contribution in [0.15, 0.2) is 54.9 Å². The summed E-state index contributed by atoms with van der Waals surface area (Å²) in [5, 5.41) is 21.5. The molecule has 0 fully saturated rings. The summed E-state index contributed by atoms with van der Waals surface area (Å²) in [6, 6.07) is 12.0. The highest BCUT2D eigenvalue weighted by atomic mass is 19.4. The van der Waals surface area contributed by atoms with Crippen molar-refractivity contribution in [2.45, 2.75) is 26.9 Å². The topological polar surface area (TPSA) is 109 Å². The molecule has 2 heterocycles. The minimum atomic E-state index is -4.79. The molecule has 34 heavy (non-hydrogen) atoms. The smallest absolute Gasteiger partial charge is 0.433 e. The Balaban J connectivity index is 1.90. The number of hydrogen-bond donors (Lipinski definition) is 1. The van der Waals surface area contributed by atoms with Gasteiger partial charge in [-0.2, -0.15) is 28.1 Å². The van der Waals surface area contributed by atoms with Gasteiger partial charge >= 0.3 is 6.18 Å². The van der Waals surface area contributed by atoms with Gasteiger partial charge in [-0.25, -0.2) is 4.98 Å². The van der Waals surface area contributed by atoms with Gasteiger partial charge < -0.3 is 5.21 Å². The average Bonchev–Trinajstić information content (AvgIpc) is 2.77. The molecule has 1 amide bonds. The predicted octanol–water partition coefficient (Wildman–Crippen LogP) is 3.86. The van der Waals surface area contributed by atoms with E-state index in [1.54, 1.807) is 36.4 Å². The summed E-state index contributed by atoms with van der Waals surface area (Å²) in [6.07, 6.45) is -2.08. The number of nitriles is 1. The Kier molecular flexibility index (Phi) is 6.72. The van der Waals surface area contributed by atoms with Gasteiger partial charge in [0.05, 0.1) is 0 Å². The molecule has 1 N–H and O–H groups in total. The molecule has 0 aliphatic heterocycles. The van der Waals surface area contributed by atoms with E-state index in [1.807, 2.05) is 20.8 Å². The van der Waals surface area contributed by atoms with Gasteiger partial charge in [-0.1, -0.05) is 32.9 Å². The SMILES string of the molecule is CC(C)(C)CN(NC(=O)c1ccc(-c2cc[n+]([O-])cc2)cc1)c1cc(C(F)(F)F)nc(C#N)n1. The molecule has 0 bridgehead atoms. The standard InChI is InChI=1S/C23H21F3N6O2/c1-22(2,3)14-32(20-12-18(23(24,25)26)28-19(13-27)29-20)30-21(33)17-6-4-15(5-7-17)16-8-10-31(34)11-9-16/h4-12H,14H2,1-3H3,(H,30,33). The number of amides is 1. The molecule has 0 radical (unpaired) electrons. The lowest BCUT2D eigenvalue weighted by Gasteiger charge is -2.31. The molecule has 0 unspecified atom stereocenters. The van der Waals surface area contributed by atoms with Gasteiger partial charge in [0.25, 0.3) is 5.91 Å². The molecule has 1 aromatic carbocycles. The number of carbonyl (C=O) groups excluding carboxylic acids is 1. The van der Waals surface area contributed by atoms with Crippen LogP contribution in [0.3, 0.4) is 0 Å². The number of rotatable bonds is 5. The van der Waals surface area contributed by atoms with Gasteiger partial charge in [0.15, 0.2) is 23.9 Å². The van der Waals surface area contributed by atoms with E-state index in [-0.39, 0.29) is 17.9 Å². The summed E-state index contributed by atoms with van der Waals surface area (Å²) in [5.41, 5.74) is 2.66. The molecule has 2 aromatic heterocycles. The average molecular weight is 470 g/mol. The minimum Gasteiger partial charge on any atom is -0.619 e. The van der Waals surface area contributed by atoms with Crippen molar-refractivity contribution in [3.05, 3.63) is 77.1 Å². The summed E-state index contributed by atoms with van der Waals surface area (Å²) in [6.45, 7) is 5.62. The fraction of sp³-hybridized carbons (Fsp3) is 0.261. The fourth-order valence-corrected chi connectivity index (χ4v) is 3.03. The number of nitrogens with one attached hydrogen (secondary N) is 1. The molecule has 0 atom stereocenters. The predicted molar refractivity (Wildman–Crippen MR) is 117 cm³/mol. The summed E-state index contributed by atoms with van der Waals surface area (Å²) in [7, 11) is 0. The van der Waals surface area contributed by atoms with Crippen molar-refractivity contribution in [1.29, 1.82) is 5.26 Å². The second-order valence-corrected chi connectivity index (χ2v) is 8.66. The van der Waals surface area contributed by atoms with E-state index in [4.69, 9.17) is 5.26 Å². The van der Waals surface area contributed by atoms with Crippen molar-refractivity contribution in [3.8, 4) is 17.2 Å². The molecule has 176 valence electrons. The van der Waals surface area contributed by atoms with Crippen molar-refractivity contribution < 1.29 is 22.7 Å². The summed E-state index contributed by atoms with van der Waals surface area (Å²) >= 11 is 0. The van der Waals surface area contributed by atoms with Crippen LogP contribution in [-0.4, -0.2) is 22.4 Å². The molecule has 3 aromatic rings. The molecule has 0 spiro atoms. The van der Waals surface area contributed by atoms with E-state index in [9.17, 15) is 23.2 Å². The first-order valence-corrected chi connectivity index (χ1v) is 10.1. The van der Waals surface area contributed by atoms with Gasteiger partial charge in [0.2, 0.25) is 5.82 Å². The van der Waals surface area contributed by atoms with Crippen LogP contribution in [0.5, 0.6) is 0 Å². The Morgan fingerprint density at radius 3 is 2.21 bits per heavy atom. The maximum atomic E-state index is 13.3. The van der Waals surface area contributed by atoms with E-state index in [0.717, 1.165) is 11.1 Å². The fourth-order valence-electron chi connectivity index (χ4n) is 3.03. The second-order valence-electron chi connectivity index (χ2n) is 8.66. The van der Waals surface area contributed by atoms with Gasteiger partial charge in [-0.3, -0.25) is 15.2 Å². The number of carbonyl (C=O) groups is 1. The maximum absolute atomic E-state index is 13.3. The Bertz CT molecular complexity index is 1210. The number of halogens is 3. The third-order valence-corrected chi connectivity index (χ3v) is 4.53. The summed E-state index contributed by atoms with van der Waals surface area (Å²) in [4.78, 5) is 20.0. The van der Waals surface area contributed by atoms with Crippen LogP contribution in [0.2, 0.25) is 0 Å². The number of nitrogens with zero attached hydrogens (tertiary/aromatic N) is 5. The van der Waals surface area contributed by atoms with Crippen molar-refractivity contribution in [2.24, 2.45) is 5.41 Å². The van der Waals surface area contributed by atoms with Crippen LogP contribution in [-0.2, 0) is 6.18 Å². The monoisotopic (exact) mass is 470 g/mol. The zero-order chi connectivity index (χ0) is 25.1. The first kappa shape index (κ1) is 24.4. The third kappa shape index (κ3) is 6.19. The van der Waals surface area contributed by atoms with Crippen molar-refractivity contribution in [3.63, 3.8) is 0 Å². The molecule has 0 saturated carbocycles. The first-order chi connectivity index (χ1) is 15.9. The zero-order valence-corrected chi connectivity index (χ0v) is 18.6. The number of benzene rings is 1. The Labute approximate surface area is 193 Å². The van der Waals surface area contributed by atoms with Crippen molar-refractivity contribution in [2.75, 3.05) is 11.6 Å². The number of pyridine rings is 1. The van der Waals surface area contributed by atoms with Crippen LogP contribution >= 0.6 is 0 Å². The van der Waals surface area contributed by atoms with Gasteiger partial charge in [-0.05, 0) is 28.7 Å². The number of alkyl halides is 3. The molecule has 8 nitrogen and oxygen atoms in total. The molecular formula is C23H21F3N6O2. The number of aromatic nitrogens is 3. The van der Waals surface area contributed by atoms with Crippen LogP contribution in [0.1, 0.15) is 42.6 Å². The quantitative estimate of drug-likeness (QED) is 0.345. The van der Waals surface area contributed by atoms with Gasteiger partial charge in [0.1, 0.15) is 6.07 Å². The van der Waals surface area contributed by atoms with E-state index in [2.05, 4.69) is 15.4 Å².